The van der Waals surface area contributed by atoms with Crippen molar-refractivity contribution in [3.05, 3.63) is 40.3 Å². The number of pyridine rings is 1. The zero-order valence-electron chi connectivity index (χ0n) is 8.24. The van der Waals surface area contributed by atoms with E-state index in [1.165, 1.54) is 0 Å². The minimum absolute atomic E-state index is 0.0191. The van der Waals surface area contributed by atoms with Gasteiger partial charge in [-0.2, -0.15) is 0 Å². The number of hydrogen-bond acceptors (Lipinski definition) is 2. The lowest BCUT2D eigenvalue weighted by Crippen LogP contribution is -2.16. The molecule has 1 aromatic heterocycles. The number of aryl methyl sites for hydroxylation is 2. The van der Waals surface area contributed by atoms with Crippen LogP contribution in [0.1, 0.15) is 5.56 Å². The van der Waals surface area contributed by atoms with E-state index in [-0.39, 0.29) is 5.56 Å². The maximum Gasteiger partial charge on any atom is 0.258 e. The fourth-order valence-corrected chi connectivity index (χ4v) is 1.68. The Bertz CT molecular complexity index is 555. The largest absolute Gasteiger partial charge is 0.399 e. The number of nitrogens with zero attached hydrogens (tertiary/aromatic N) is 1. The second-order valence-corrected chi connectivity index (χ2v) is 3.53. The highest BCUT2D eigenvalue weighted by molar-refractivity contribution is 5.87. The average molecular weight is 188 g/mol. The van der Waals surface area contributed by atoms with E-state index >= 15 is 0 Å². The van der Waals surface area contributed by atoms with Crippen LogP contribution >= 0.6 is 0 Å². The van der Waals surface area contributed by atoms with Crippen LogP contribution in [-0.4, -0.2) is 4.57 Å². The lowest BCUT2D eigenvalue weighted by molar-refractivity contribution is 0.866. The Kier molecular flexibility index (Phi) is 1.81. The van der Waals surface area contributed by atoms with Crippen molar-refractivity contribution in [3.8, 4) is 0 Å². The van der Waals surface area contributed by atoms with Crippen LogP contribution in [0.4, 0.5) is 5.69 Å². The molecule has 0 amide bonds. The summed E-state index contributed by atoms with van der Waals surface area (Å²) in [6.07, 6.45) is 1.82. The fourth-order valence-electron chi connectivity index (χ4n) is 1.68. The summed E-state index contributed by atoms with van der Waals surface area (Å²) in [5, 5.41) is 1.66. The number of fused-ring (bicyclic) bond motifs is 1. The molecule has 0 saturated heterocycles. The molecule has 0 unspecified atom stereocenters. The minimum Gasteiger partial charge on any atom is -0.399 e. The average Bonchev–Trinajstić information content (AvgIpc) is 2.14. The molecule has 0 aliphatic carbocycles. The van der Waals surface area contributed by atoms with Crippen LogP contribution < -0.4 is 11.3 Å². The number of rotatable bonds is 0. The molecule has 0 spiro atoms. The van der Waals surface area contributed by atoms with Gasteiger partial charge in [-0.25, -0.2) is 0 Å². The van der Waals surface area contributed by atoms with Crippen molar-refractivity contribution < 1.29 is 0 Å². The van der Waals surface area contributed by atoms with Crippen LogP contribution in [0.25, 0.3) is 10.8 Å². The molecule has 2 rings (SSSR count). The summed E-state index contributed by atoms with van der Waals surface area (Å²) in [5.41, 5.74) is 7.44. The zero-order chi connectivity index (χ0) is 10.3. The normalized spacial score (nSPS) is 10.7. The molecule has 2 N–H and O–H groups in total. The summed E-state index contributed by atoms with van der Waals surface area (Å²) in [7, 11) is 1.76. The van der Waals surface area contributed by atoms with Gasteiger partial charge in [0.2, 0.25) is 0 Å². The highest BCUT2D eigenvalue weighted by atomic mass is 16.1. The first-order chi connectivity index (χ1) is 6.59. The van der Waals surface area contributed by atoms with E-state index in [0.29, 0.717) is 5.69 Å². The molecule has 3 heteroatoms. The van der Waals surface area contributed by atoms with Crippen LogP contribution in [0.5, 0.6) is 0 Å². The van der Waals surface area contributed by atoms with Gasteiger partial charge in [-0.05, 0) is 36.1 Å². The van der Waals surface area contributed by atoms with Gasteiger partial charge >= 0.3 is 0 Å². The van der Waals surface area contributed by atoms with Gasteiger partial charge in [0.25, 0.3) is 5.56 Å². The van der Waals surface area contributed by atoms with Gasteiger partial charge in [0.05, 0.1) is 0 Å². The Labute approximate surface area is 81.8 Å². The number of benzene rings is 1. The molecule has 0 fully saturated rings. The Hall–Kier alpha value is -1.77. The van der Waals surface area contributed by atoms with Crippen molar-refractivity contribution in [1.82, 2.24) is 4.57 Å². The standard InChI is InChI=1S/C11H12N2O/c1-7-6-13(2)11(14)9-4-3-8(12)5-10(7)9/h3-6H,12H2,1-2H3. The molecule has 1 heterocycles. The molecule has 0 atom stereocenters. The molecule has 0 bridgehead atoms. The van der Waals surface area contributed by atoms with Gasteiger partial charge in [0.1, 0.15) is 0 Å². The van der Waals surface area contributed by atoms with Crippen LogP contribution in [0.3, 0.4) is 0 Å². The monoisotopic (exact) mass is 188 g/mol. The van der Waals surface area contributed by atoms with Gasteiger partial charge in [-0.1, -0.05) is 0 Å². The summed E-state index contributed by atoms with van der Waals surface area (Å²) < 4.78 is 1.59. The highest BCUT2D eigenvalue weighted by Crippen LogP contribution is 2.17. The quantitative estimate of drug-likeness (QED) is 0.636. The molecule has 0 radical (unpaired) electrons. The first-order valence-electron chi connectivity index (χ1n) is 4.45. The molecule has 0 saturated carbocycles. The van der Waals surface area contributed by atoms with E-state index in [0.717, 1.165) is 16.3 Å². The predicted molar refractivity (Wildman–Crippen MR) is 58.3 cm³/mol. The highest BCUT2D eigenvalue weighted by Gasteiger charge is 2.03. The molecule has 0 aliphatic heterocycles. The number of nitrogens with two attached hydrogens (primary N) is 1. The van der Waals surface area contributed by atoms with Crippen molar-refractivity contribution in [2.24, 2.45) is 7.05 Å². The Balaban J connectivity index is 3.02. The Morgan fingerprint density at radius 2 is 2.00 bits per heavy atom. The third kappa shape index (κ3) is 1.18. The third-order valence-electron chi connectivity index (χ3n) is 2.41. The van der Waals surface area contributed by atoms with Gasteiger partial charge in [0.15, 0.2) is 0 Å². The fraction of sp³-hybridized carbons (Fsp3) is 0.182. The third-order valence-corrected chi connectivity index (χ3v) is 2.41. The van der Waals surface area contributed by atoms with E-state index in [1.54, 1.807) is 23.7 Å². The molecule has 3 nitrogen and oxygen atoms in total. The smallest absolute Gasteiger partial charge is 0.258 e. The Morgan fingerprint density at radius 1 is 1.29 bits per heavy atom. The van der Waals surface area contributed by atoms with Crippen LogP contribution in [0.2, 0.25) is 0 Å². The lowest BCUT2D eigenvalue weighted by atomic mass is 10.1. The number of anilines is 1. The molecule has 1 aromatic carbocycles. The molecule has 2 aromatic rings. The number of hydrogen-bond donors (Lipinski definition) is 1. The van der Waals surface area contributed by atoms with Gasteiger partial charge in [-0.3, -0.25) is 4.79 Å². The summed E-state index contributed by atoms with van der Waals surface area (Å²) in [6.45, 7) is 1.97. The minimum atomic E-state index is 0.0191. The molecule has 72 valence electrons. The first-order valence-corrected chi connectivity index (χ1v) is 4.45. The van der Waals surface area contributed by atoms with Crippen molar-refractivity contribution in [2.75, 3.05) is 5.73 Å². The summed E-state index contributed by atoms with van der Waals surface area (Å²) in [6, 6.07) is 5.37. The Morgan fingerprint density at radius 3 is 2.71 bits per heavy atom. The molecule has 0 aliphatic rings. The maximum atomic E-state index is 11.7. The number of nitrogen functional groups attached to an aromatic ring is 1. The lowest BCUT2D eigenvalue weighted by Gasteiger charge is -2.05. The zero-order valence-corrected chi connectivity index (χ0v) is 8.24. The van der Waals surface area contributed by atoms with Crippen molar-refractivity contribution in [3.63, 3.8) is 0 Å². The molecular weight excluding hydrogens is 176 g/mol. The van der Waals surface area contributed by atoms with Crippen LogP contribution in [0.15, 0.2) is 29.2 Å². The van der Waals surface area contributed by atoms with Gasteiger partial charge in [-0.15, -0.1) is 0 Å². The van der Waals surface area contributed by atoms with Crippen LogP contribution in [-0.2, 0) is 7.05 Å². The topological polar surface area (TPSA) is 48.0 Å². The summed E-state index contributed by atoms with van der Waals surface area (Å²) in [5.74, 6) is 0. The van der Waals surface area contributed by atoms with Crippen molar-refractivity contribution in [1.29, 1.82) is 0 Å². The summed E-state index contributed by atoms with van der Waals surface area (Å²) in [4.78, 5) is 11.7. The van der Waals surface area contributed by atoms with E-state index in [1.807, 2.05) is 19.2 Å². The SMILES string of the molecule is Cc1cn(C)c(=O)c2ccc(N)cc12. The van der Waals surface area contributed by atoms with Gasteiger partial charge in [0, 0.05) is 24.3 Å². The van der Waals surface area contributed by atoms with E-state index in [2.05, 4.69) is 0 Å². The number of aromatic nitrogens is 1. The second-order valence-electron chi connectivity index (χ2n) is 3.53. The van der Waals surface area contributed by atoms with Gasteiger partial charge < -0.3 is 10.3 Å². The maximum absolute atomic E-state index is 11.7. The van der Waals surface area contributed by atoms with E-state index in [9.17, 15) is 4.79 Å². The van der Waals surface area contributed by atoms with E-state index in [4.69, 9.17) is 5.73 Å². The van der Waals surface area contributed by atoms with Crippen LogP contribution in [0, 0.1) is 6.92 Å². The molecular formula is C11H12N2O. The first kappa shape index (κ1) is 8.81. The summed E-state index contributed by atoms with van der Waals surface area (Å²) >= 11 is 0. The van der Waals surface area contributed by atoms with E-state index < -0.39 is 0 Å². The van der Waals surface area contributed by atoms with Crippen molar-refractivity contribution >= 4 is 16.5 Å². The van der Waals surface area contributed by atoms with Crippen molar-refractivity contribution in [2.45, 2.75) is 6.92 Å². The second kappa shape index (κ2) is 2.87. The predicted octanol–water partition coefficient (Wildman–Crippen LogP) is 1.43. The molecule has 14 heavy (non-hydrogen) atoms.